The van der Waals surface area contributed by atoms with Gasteiger partial charge in [0.2, 0.25) is 15.9 Å². The molecule has 0 unspecified atom stereocenters. The van der Waals surface area contributed by atoms with Crippen molar-refractivity contribution in [3.63, 3.8) is 0 Å². The summed E-state index contributed by atoms with van der Waals surface area (Å²) >= 11 is 0. The summed E-state index contributed by atoms with van der Waals surface area (Å²) in [5, 5.41) is 2.97. The molecule has 6 nitrogen and oxygen atoms in total. The smallest absolute Gasteiger partial charge is 0.243 e. The zero-order valence-corrected chi connectivity index (χ0v) is 18.9. The van der Waals surface area contributed by atoms with E-state index in [2.05, 4.69) is 5.32 Å². The van der Waals surface area contributed by atoms with Gasteiger partial charge in [0.05, 0.1) is 17.4 Å². The molecule has 30 heavy (non-hydrogen) atoms. The molecule has 1 fully saturated rings. The molecule has 0 aromatic heterocycles. The third-order valence-electron chi connectivity index (χ3n) is 5.63. The van der Waals surface area contributed by atoms with Gasteiger partial charge in [-0.15, -0.1) is 0 Å². The first-order valence-corrected chi connectivity index (χ1v) is 11.6. The number of hydrogen-bond donors (Lipinski definition) is 1. The summed E-state index contributed by atoms with van der Waals surface area (Å²) in [6.07, 6.45) is 1.29. The van der Waals surface area contributed by atoms with Gasteiger partial charge in [-0.2, -0.15) is 4.31 Å². The number of benzene rings is 2. The molecule has 0 radical (unpaired) electrons. The molecule has 1 saturated heterocycles. The first-order chi connectivity index (χ1) is 14.1. The average molecular weight is 431 g/mol. The zero-order valence-electron chi connectivity index (χ0n) is 18.1. The average Bonchev–Trinajstić information content (AvgIpc) is 2.71. The molecule has 3 rings (SSSR count). The molecule has 1 atom stereocenters. The van der Waals surface area contributed by atoms with Crippen LogP contribution in [0.3, 0.4) is 0 Å². The summed E-state index contributed by atoms with van der Waals surface area (Å²) in [5.74, 6) is 0.599. The molecule has 0 aliphatic carbocycles. The van der Waals surface area contributed by atoms with Crippen molar-refractivity contribution >= 4 is 15.9 Å². The number of nitrogens with zero attached hydrogens (tertiary/aromatic N) is 1. The maximum Gasteiger partial charge on any atom is 0.243 e. The molecule has 1 aliphatic rings. The standard InChI is InChI=1S/C23H30N2O4S/c1-17-11-18(2)13-21(12-17)30(27,28)25-10-6-9-23(3,16-25)22(26)24-15-19-7-5-8-20(14-19)29-4/h5,7-8,11-14H,6,9-10,15-16H2,1-4H3,(H,24,26)/t23-/m0/s1. The minimum absolute atomic E-state index is 0.134. The fraction of sp³-hybridized carbons (Fsp3) is 0.435. The number of carbonyl (C=O) groups is 1. The van der Waals surface area contributed by atoms with Gasteiger partial charge in [-0.05, 0) is 74.6 Å². The van der Waals surface area contributed by atoms with Crippen LogP contribution < -0.4 is 10.1 Å². The first kappa shape index (κ1) is 22.3. The maximum absolute atomic E-state index is 13.2. The van der Waals surface area contributed by atoms with Gasteiger partial charge in [-0.3, -0.25) is 4.79 Å². The second-order valence-corrected chi connectivity index (χ2v) is 10.3. The molecule has 0 saturated carbocycles. The van der Waals surface area contributed by atoms with Crippen LogP contribution in [0.5, 0.6) is 5.75 Å². The number of ether oxygens (including phenoxy) is 1. The Morgan fingerprint density at radius 3 is 2.53 bits per heavy atom. The Bertz CT molecular complexity index is 1010. The van der Waals surface area contributed by atoms with E-state index in [1.165, 1.54) is 4.31 Å². The molecular formula is C23H30N2O4S. The van der Waals surface area contributed by atoms with Crippen molar-refractivity contribution in [2.75, 3.05) is 20.2 Å². The van der Waals surface area contributed by atoms with Gasteiger partial charge >= 0.3 is 0 Å². The largest absolute Gasteiger partial charge is 0.497 e. The minimum atomic E-state index is -3.65. The van der Waals surface area contributed by atoms with E-state index in [1.54, 1.807) is 19.2 Å². The normalized spacial score (nSPS) is 20.0. The number of rotatable bonds is 6. The molecular weight excluding hydrogens is 400 g/mol. The van der Waals surface area contributed by atoms with Crippen molar-refractivity contribution in [2.24, 2.45) is 5.41 Å². The van der Waals surface area contributed by atoms with Crippen molar-refractivity contribution in [3.8, 4) is 5.75 Å². The Kier molecular flexibility index (Phi) is 6.53. The second kappa shape index (κ2) is 8.78. The van der Waals surface area contributed by atoms with Crippen molar-refractivity contribution in [1.82, 2.24) is 9.62 Å². The van der Waals surface area contributed by atoms with Crippen LogP contribution in [0.25, 0.3) is 0 Å². The van der Waals surface area contributed by atoms with Crippen LogP contribution in [0.4, 0.5) is 0 Å². The Balaban J connectivity index is 1.73. The highest BCUT2D eigenvalue weighted by molar-refractivity contribution is 7.89. The van der Waals surface area contributed by atoms with Crippen LogP contribution in [0, 0.1) is 19.3 Å². The third kappa shape index (κ3) is 4.84. The number of carbonyl (C=O) groups excluding carboxylic acids is 1. The van der Waals surface area contributed by atoms with Crippen LogP contribution in [-0.2, 0) is 21.4 Å². The number of aryl methyl sites for hydroxylation is 2. The fourth-order valence-electron chi connectivity index (χ4n) is 3.99. The van der Waals surface area contributed by atoms with Gasteiger partial charge in [0, 0.05) is 19.6 Å². The molecule has 1 aliphatic heterocycles. The Labute approximate surface area is 179 Å². The molecule has 1 heterocycles. The highest BCUT2D eigenvalue weighted by atomic mass is 32.2. The lowest BCUT2D eigenvalue weighted by atomic mass is 9.82. The number of nitrogens with one attached hydrogen (secondary N) is 1. The minimum Gasteiger partial charge on any atom is -0.497 e. The Morgan fingerprint density at radius 2 is 1.87 bits per heavy atom. The number of piperidine rings is 1. The SMILES string of the molecule is COc1cccc(CNC(=O)[C@@]2(C)CCCN(S(=O)(=O)c3cc(C)cc(C)c3)C2)c1. The molecule has 7 heteroatoms. The van der Waals surface area contributed by atoms with Crippen LogP contribution >= 0.6 is 0 Å². The molecule has 1 N–H and O–H groups in total. The summed E-state index contributed by atoms with van der Waals surface area (Å²) in [4.78, 5) is 13.3. The van der Waals surface area contributed by atoms with Gasteiger partial charge in [-0.25, -0.2) is 8.42 Å². The van der Waals surface area contributed by atoms with E-state index in [0.29, 0.717) is 30.8 Å². The van der Waals surface area contributed by atoms with Gasteiger partial charge in [0.15, 0.2) is 0 Å². The predicted octanol–water partition coefficient (Wildman–Crippen LogP) is 3.42. The number of hydrogen-bond acceptors (Lipinski definition) is 4. The summed E-state index contributed by atoms with van der Waals surface area (Å²) < 4.78 is 33.1. The maximum atomic E-state index is 13.2. The number of sulfonamides is 1. The highest BCUT2D eigenvalue weighted by Gasteiger charge is 2.41. The van der Waals surface area contributed by atoms with E-state index < -0.39 is 15.4 Å². The molecule has 2 aromatic rings. The van der Waals surface area contributed by atoms with Crippen molar-refractivity contribution in [1.29, 1.82) is 0 Å². The molecule has 0 bridgehead atoms. The van der Waals surface area contributed by atoms with E-state index >= 15 is 0 Å². The Morgan fingerprint density at radius 1 is 1.17 bits per heavy atom. The number of methoxy groups -OCH3 is 1. The van der Waals surface area contributed by atoms with Gasteiger partial charge in [0.1, 0.15) is 5.75 Å². The van der Waals surface area contributed by atoms with E-state index in [0.717, 1.165) is 22.4 Å². The van der Waals surface area contributed by atoms with E-state index in [9.17, 15) is 13.2 Å². The summed E-state index contributed by atoms with van der Waals surface area (Å²) in [7, 11) is -2.05. The summed E-state index contributed by atoms with van der Waals surface area (Å²) in [6, 6.07) is 12.9. The quantitative estimate of drug-likeness (QED) is 0.762. The second-order valence-electron chi connectivity index (χ2n) is 8.36. The fourth-order valence-corrected chi connectivity index (χ4v) is 5.78. The third-order valence-corrected chi connectivity index (χ3v) is 7.45. The van der Waals surface area contributed by atoms with Gasteiger partial charge < -0.3 is 10.1 Å². The van der Waals surface area contributed by atoms with Crippen LogP contribution in [0.2, 0.25) is 0 Å². The molecule has 2 aromatic carbocycles. The summed E-state index contributed by atoms with van der Waals surface area (Å²) in [6.45, 7) is 6.59. The predicted molar refractivity (Wildman–Crippen MR) is 117 cm³/mol. The van der Waals surface area contributed by atoms with E-state index in [1.807, 2.05) is 51.1 Å². The van der Waals surface area contributed by atoms with Crippen molar-refractivity contribution in [2.45, 2.75) is 45.1 Å². The zero-order chi connectivity index (χ0) is 21.9. The van der Waals surface area contributed by atoms with Crippen LogP contribution in [0.15, 0.2) is 47.4 Å². The molecule has 162 valence electrons. The van der Waals surface area contributed by atoms with E-state index in [4.69, 9.17) is 4.74 Å². The topological polar surface area (TPSA) is 75.7 Å². The van der Waals surface area contributed by atoms with Gasteiger partial charge in [-0.1, -0.05) is 18.2 Å². The van der Waals surface area contributed by atoms with E-state index in [-0.39, 0.29) is 12.5 Å². The van der Waals surface area contributed by atoms with Crippen LogP contribution in [-0.4, -0.2) is 38.8 Å². The highest BCUT2D eigenvalue weighted by Crippen LogP contribution is 2.33. The molecule has 1 amide bonds. The first-order valence-electron chi connectivity index (χ1n) is 10.1. The Hall–Kier alpha value is -2.38. The van der Waals surface area contributed by atoms with Crippen molar-refractivity contribution < 1.29 is 17.9 Å². The number of amides is 1. The lowest BCUT2D eigenvalue weighted by Crippen LogP contribution is -2.51. The summed E-state index contributed by atoms with van der Waals surface area (Å²) in [5.41, 5.74) is 1.97. The van der Waals surface area contributed by atoms with Crippen LogP contribution in [0.1, 0.15) is 36.5 Å². The lowest BCUT2D eigenvalue weighted by molar-refractivity contribution is -0.132. The lowest BCUT2D eigenvalue weighted by Gasteiger charge is -2.38. The monoisotopic (exact) mass is 430 g/mol. The van der Waals surface area contributed by atoms with Gasteiger partial charge in [0.25, 0.3) is 0 Å². The van der Waals surface area contributed by atoms with Crippen molar-refractivity contribution in [3.05, 3.63) is 59.2 Å². The molecule has 0 spiro atoms.